The molecule has 2 aromatic carbocycles. The first kappa shape index (κ1) is 19.8. The molecule has 0 fully saturated rings. The summed E-state index contributed by atoms with van der Waals surface area (Å²) in [7, 11) is 5.00. The second-order valence-corrected chi connectivity index (χ2v) is 6.81. The molecule has 0 aliphatic rings. The summed E-state index contributed by atoms with van der Waals surface area (Å²) >= 11 is 0. The van der Waals surface area contributed by atoms with Crippen molar-refractivity contribution in [3.63, 3.8) is 0 Å². The smallest absolute Gasteiger partial charge is 0.220 e. The van der Waals surface area contributed by atoms with E-state index in [1.165, 1.54) is 0 Å². The largest absolute Gasteiger partial charge is 0.496 e. The minimum atomic E-state index is 0.0525. The van der Waals surface area contributed by atoms with Gasteiger partial charge in [0.15, 0.2) is 0 Å². The van der Waals surface area contributed by atoms with Crippen LogP contribution in [0.4, 0.5) is 0 Å². The van der Waals surface area contributed by atoms with Crippen molar-refractivity contribution in [1.82, 2.24) is 10.3 Å². The summed E-state index contributed by atoms with van der Waals surface area (Å²) in [6.07, 6.45) is 1.20. The normalized spacial score (nSPS) is 10.9. The van der Waals surface area contributed by atoms with E-state index in [1.807, 2.05) is 24.3 Å². The highest BCUT2D eigenvalue weighted by atomic mass is 16.5. The summed E-state index contributed by atoms with van der Waals surface area (Å²) in [4.78, 5) is 16.4. The van der Waals surface area contributed by atoms with Crippen molar-refractivity contribution in [2.24, 2.45) is 0 Å². The van der Waals surface area contributed by atoms with Gasteiger partial charge in [-0.1, -0.05) is 6.07 Å². The zero-order valence-electron chi connectivity index (χ0n) is 16.8. The summed E-state index contributed by atoms with van der Waals surface area (Å²) in [5.41, 5.74) is 6.19. The molecule has 3 aromatic rings. The fourth-order valence-corrected chi connectivity index (χ4v) is 3.33. The third-order valence-corrected chi connectivity index (χ3v) is 4.88. The summed E-state index contributed by atoms with van der Waals surface area (Å²) in [6, 6.07) is 14.3. The number of fused-ring (bicyclic) bond motifs is 1. The first-order valence-corrected chi connectivity index (χ1v) is 9.32. The lowest BCUT2D eigenvalue weighted by Gasteiger charge is -2.12. The van der Waals surface area contributed by atoms with Crippen molar-refractivity contribution in [3.8, 4) is 17.0 Å². The van der Waals surface area contributed by atoms with Crippen molar-refractivity contribution in [3.05, 3.63) is 59.2 Å². The average Bonchev–Trinajstić information content (AvgIpc) is 2.72. The van der Waals surface area contributed by atoms with E-state index >= 15 is 0 Å². The Morgan fingerprint density at radius 2 is 1.93 bits per heavy atom. The van der Waals surface area contributed by atoms with E-state index in [-0.39, 0.29) is 5.91 Å². The maximum Gasteiger partial charge on any atom is 0.220 e. The Hall–Kier alpha value is -2.92. The van der Waals surface area contributed by atoms with Gasteiger partial charge in [0.25, 0.3) is 0 Å². The van der Waals surface area contributed by atoms with Crippen LogP contribution in [0.5, 0.6) is 5.75 Å². The van der Waals surface area contributed by atoms with Gasteiger partial charge in [0.1, 0.15) is 5.75 Å². The number of nitrogens with one attached hydrogen (secondary N) is 1. The van der Waals surface area contributed by atoms with Crippen LogP contribution in [0, 0.1) is 6.92 Å². The number of carbonyl (C=O) groups is 1. The Labute approximate surface area is 165 Å². The minimum absolute atomic E-state index is 0.0525. The molecule has 5 nitrogen and oxygen atoms in total. The Balaban J connectivity index is 1.96. The van der Waals surface area contributed by atoms with Crippen molar-refractivity contribution < 1.29 is 14.3 Å². The standard InChI is InChI=1S/C23H26N2O3/c1-15-11-21(17-7-9-22(28-4)18(13-17)14-27-3)25-20-8-5-16(12-19(15)20)6-10-23(26)24-2/h5,7-9,11-13H,6,10,14H2,1-4H3,(H,24,26). The summed E-state index contributed by atoms with van der Waals surface area (Å²) < 4.78 is 10.7. The van der Waals surface area contributed by atoms with Gasteiger partial charge in [-0.2, -0.15) is 0 Å². The topological polar surface area (TPSA) is 60.5 Å². The molecule has 3 rings (SSSR count). The predicted octanol–water partition coefficient (Wildman–Crippen LogP) is 4.04. The van der Waals surface area contributed by atoms with Crippen LogP contribution < -0.4 is 10.1 Å². The van der Waals surface area contributed by atoms with Gasteiger partial charge in [-0.05, 0) is 60.9 Å². The molecular formula is C23H26N2O3. The molecule has 146 valence electrons. The van der Waals surface area contributed by atoms with Crippen LogP contribution in [0.25, 0.3) is 22.2 Å². The molecular weight excluding hydrogens is 352 g/mol. The molecule has 0 aliphatic carbocycles. The lowest BCUT2D eigenvalue weighted by atomic mass is 10.0. The summed E-state index contributed by atoms with van der Waals surface area (Å²) in [5.74, 6) is 0.862. The minimum Gasteiger partial charge on any atom is -0.496 e. The Bertz CT molecular complexity index is 999. The van der Waals surface area contributed by atoms with Crippen LogP contribution in [-0.2, 0) is 22.6 Å². The van der Waals surface area contributed by atoms with Gasteiger partial charge >= 0.3 is 0 Å². The number of pyridine rings is 1. The average molecular weight is 378 g/mol. The van der Waals surface area contributed by atoms with Crippen LogP contribution in [-0.4, -0.2) is 32.2 Å². The van der Waals surface area contributed by atoms with E-state index < -0.39 is 0 Å². The molecule has 1 N–H and O–H groups in total. The quantitative estimate of drug-likeness (QED) is 0.674. The predicted molar refractivity (Wildman–Crippen MR) is 112 cm³/mol. The number of aromatic nitrogens is 1. The number of methoxy groups -OCH3 is 2. The molecule has 5 heteroatoms. The SMILES string of the molecule is CNC(=O)CCc1ccc2nc(-c3ccc(OC)c(COC)c3)cc(C)c2c1. The first-order chi connectivity index (χ1) is 13.5. The van der Waals surface area contributed by atoms with Crippen LogP contribution in [0.15, 0.2) is 42.5 Å². The highest BCUT2D eigenvalue weighted by Crippen LogP contribution is 2.29. The van der Waals surface area contributed by atoms with Crippen LogP contribution in [0.1, 0.15) is 23.1 Å². The zero-order chi connectivity index (χ0) is 20.1. The first-order valence-electron chi connectivity index (χ1n) is 9.32. The monoisotopic (exact) mass is 378 g/mol. The van der Waals surface area contributed by atoms with Gasteiger partial charge in [-0.3, -0.25) is 4.79 Å². The molecule has 1 heterocycles. The second kappa shape index (κ2) is 8.85. The van der Waals surface area contributed by atoms with Crippen LogP contribution in [0.2, 0.25) is 0 Å². The molecule has 1 aromatic heterocycles. The highest BCUT2D eigenvalue weighted by molar-refractivity contribution is 5.86. The summed E-state index contributed by atoms with van der Waals surface area (Å²) in [6.45, 7) is 2.58. The Kier molecular flexibility index (Phi) is 6.26. The number of aryl methyl sites for hydroxylation is 2. The number of carbonyl (C=O) groups excluding carboxylic acids is 1. The molecule has 1 amide bonds. The number of hydrogen-bond acceptors (Lipinski definition) is 4. The number of ether oxygens (including phenoxy) is 2. The molecule has 28 heavy (non-hydrogen) atoms. The van der Waals surface area contributed by atoms with Crippen LogP contribution >= 0.6 is 0 Å². The highest BCUT2D eigenvalue weighted by Gasteiger charge is 2.10. The molecule has 0 spiro atoms. The van der Waals surface area contributed by atoms with Gasteiger partial charge in [-0.25, -0.2) is 4.98 Å². The summed E-state index contributed by atoms with van der Waals surface area (Å²) in [5, 5.41) is 3.78. The number of hydrogen-bond donors (Lipinski definition) is 1. The van der Waals surface area contributed by atoms with E-state index in [9.17, 15) is 4.79 Å². The molecule has 0 atom stereocenters. The molecule has 0 saturated heterocycles. The van der Waals surface area contributed by atoms with Gasteiger partial charge in [0.2, 0.25) is 5.91 Å². The molecule has 0 aliphatic heterocycles. The molecule has 0 bridgehead atoms. The van der Waals surface area contributed by atoms with E-state index in [0.29, 0.717) is 13.0 Å². The van der Waals surface area contributed by atoms with E-state index in [0.717, 1.165) is 51.0 Å². The van der Waals surface area contributed by atoms with E-state index in [2.05, 4.69) is 30.4 Å². The fourth-order valence-electron chi connectivity index (χ4n) is 3.33. The van der Waals surface area contributed by atoms with E-state index in [1.54, 1.807) is 21.3 Å². The van der Waals surface area contributed by atoms with Gasteiger partial charge in [0, 0.05) is 37.1 Å². The van der Waals surface area contributed by atoms with Gasteiger partial charge in [-0.15, -0.1) is 0 Å². The lowest BCUT2D eigenvalue weighted by Crippen LogP contribution is -2.17. The van der Waals surface area contributed by atoms with Crippen molar-refractivity contribution in [2.75, 3.05) is 21.3 Å². The molecule has 0 saturated carbocycles. The van der Waals surface area contributed by atoms with Gasteiger partial charge in [0.05, 0.1) is 24.9 Å². The number of nitrogens with zero attached hydrogens (tertiary/aromatic N) is 1. The third-order valence-electron chi connectivity index (χ3n) is 4.88. The van der Waals surface area contributed by atoms with E-state index in [4.69, 9.17) is 14.5 Å². The Morgan fingerprint density at radius 1 is 1.11 bits per heavy atom. The maximum atomic E-state index is 11.5. The van der Waals surface area contributed by atoms with Crippen molar-refractivity contribution in [2.45, 2.75) is 26.4 Å². The van der Waals surface area contributed by atoms with Crippen LogP contribution in [0.3, 0.4) is 0 Å². The number of amides is 1. The number of rotatable bonds is 7. The van der Waals surface area contributed by atoms with Crippen molar-refractivity contribution in [1.29, 1.82) is 0 Å². The second-order valence-electron chi connectivity index (χ2n) is 6.81. The maximum absolute atomic E-state index is 11.5. The van der Waals surface area contributed by atoms with Crippen molar-refractivity contribution >= 4 is 16.8 Å². The van der Waals surface area contributed by atoms with Gasteiger partial charge < -0.3 is 14.8 Å². The number of benzene rings is 2. The zero-order valence-corrected chi connectivity index (χ0v) is 16.8. The lowest BCUT2D eigenvalue weighted by molar-refractivity contribution is -0.120. The Morgan fingerprint density at radius 3 is 2.64 bits per heavy atom. The third kappa shape index (κ3) is 4.31. The molecule has 0 radical (unpaired) electrons. The molecule has 0 unspecified atom stereocenters. The fraction of sp³-hybridized carbons (Fsp3) is 0.304.